The van der Waals surface area contributed by atoms with Crippen LogP contribution >= 0.6 is 0 Å². The summed E-state index contributed by atoms with van der Waals surface area (Å²) in [4.78, 5) is 0. The molecular weight excluding hydrogens is 242 g/mol. The van der Waals surface area contributed by atoms with Gasteiger partial charge in [-0.25, -0.2) is 0 Å². The second-order valence-corrected chi connectivity index (χ2v) is 5.62. The zero-order chi connectivity index (χ0) is 14.4. The maximum atomic E-state index is 6.73. The van der Waals surface area contributed by atoms with Crippen molar-refractivity contribution >= 4 is 0 Å². The van der Waals surface area contributed by atoms with Gasteiger partial charge in [0.15, 0.2) is 0 Å². The van der Waals surface area contributed by atoms with E-state index in [2.05, 4.69) is 62.4 Å². The first-order chi connectivity index (χ1) is 9.68. The molecule has 2 rings (SSSR count). The van der Waals surface area contributed by atoms with Gasteiger partial charge in [-0.2, -0.15) is 0 Å². The molecule has 0 saturated heterocycles. The number of benzene rings is 2. The number of hydrogen-bond donors (Lipinski definition) is 1. The van der Waals surface area contributed by atoms with Crippen LogP contribution in [-0.2, 0) is 18.4 Å². The molecule has 0 aliphatic carbocycles. The standard InChI is InChI=1S/C19H25N/c1-3-14-19(20,18-8-6-5-7-9-18)15-17-12-10-16(4-2)11-13-17/h5-13H,3-4,14-15,20H2,1-2H3. The smallest absolute Gasteiger partial charge is 0.0450 e. The van der Waals surface area contributed by atoms with Gasteiger partial charge in [-0.1, -0.05) is 74.9 Å². The summed E-state index contributed by atoms with van der Waals surface area (Å²) in [5.74, 6) is 0. The Morgan fingerprint density at radius 2 is 1.45 bits per heavy atom. The first kappa shape index (κ1) is 14.8. The fourth-order valence-corrected chi connectivity index (χ4v) is 2.81. The zero-order valence-corrected chi connectivity index (χ0v) is 12.6. The number of nitrogens with two attached hydrogens (primary N) is 1. The highest BCUT2D eigenvalue weighted by Crippen LogP contribution is 2.28. The number of hydrogen-bond acceptors (Lipinski definition) is 1. The van der Waals surface area contributed by atoms with E-state index in [1.807, 2.05) is 6.07 Å². The minimum Gasteiger partial charge on any atom is -0.321 e. The second kappa shape index (κ2) is 6.71. The molecule has 0 amide bonds. The molecule has 2 aromatic carbocycles. The van der Waals surface area contributed by atoms with Gasteiger partial charge in [-0.05, 0) is 36.0 Å². The van der Waals surface area contributed by atoms with Crippen molar-refractivity contribution in [3.63, 3.8) is 0 Å². The Morgan fingerprint density at radius 1 is 0.850 bits per heavy atom. The molecule has 1 heteroatoms. The molecule has 0 fully saturated rings. The summed E-state index contributed by atoms with van der Waals surface area (Å²) in [7, 11) is 0. The summed E-state index contributed by atoms with van der Waals surface area (Å²) in [6.45, 7) is 4.38. The molecule has 20 heavy (non-hydrogen) atoms. The summed E-state index contributed by atoms with van der Waals surface area (Å²) in [5.41, 5.74) is 10.4. The van der Waals surface area contributed by atoms with Gasteiger partial charge < -0.3 is 5.73 Å². The van der Waals surface area contributed by atoms with Crippen molar-refractivity contribution < 1.29 is 0 Å². The molecule has 1 atom stereocenters. The van der Waals surface area contributed by atoms with E-state index in [0.29, 0.717) is 0 Å². The van der Waals surface area contributed by atoms with Gasteiger partial charge in [-0.15, -0.1) is 0 Å². The SMILES string of the molecule is CCCC(N)(Cc1ccc(CC)cc1)c1ccccc1. The van der Waals surface area contributed by atoms with Crippen LogP contribution < -0.4 is 5.73 Å². The van der Waals surface area contributed by atoms with E-state index in [4.69, 9.17) is 5.73 Å². The quantitative estimate of drug-likeness (QED) is 0.822. The molecule has 0 aromatic heterocycles. The maximum Gasteiger partial charge on any atom is 0.0450 e. The van der Waals surface area contributed by atoms with Crippen molar-refractivity contribution in [3.8, 4) is 0 Å². The average molecular weight is 267 g/mol. The minimum atomic E-state index is -0.260. The van der Waals surface area contributed by atoms with Gasteiger partial charge in [0.05, 0.1) is 0 Å². The largest absolute Gasteiger partial charge is 0.321 e. The molecule has 2 N–H and O–H groups in total. The van der Waals surface area contributed by atoms with Crippen molar-refractivity contribution in [2.45, 2.75) is 45.1 Å². The monoisotopic (exact) mass is 267 g/mol. The molecule has 1 unspecified atom stereocenters. The van der Waals surface area contributed by atoms with Crippen molar-refractivity contribution in [1.82, 2.24) is 0 Å². The molecular formula is C19H25N. The van der Waals surface area contributed by atoms with Crippen molar-refractivity contribution in [1.29, 1.82) is 0 Å². The Morgan fingerprint density at radius 3 is 2.00 bits per heavy atom. The Hall–Kier alpha value is -1.60. The lowest BCUT2D eigenvalue weighted by Gasteiger charge is -2.30. The summed E-state index contributed by atoms with van der Waals surface area (Å²) >= 11 is 0. The van der Waals surface area contributed by atoms with Gasteiger partial charge in [0.2, 0.25) is 0 Å². The van der Waals surface area contributed by atoms with Crippen LogP contribution in [0.2, 0.25) is 0 Å². The molecule has 0 aliphatic heterocycles. The van der Waals surface area contributed by atoms with Crippen LogP contribution in [0.5, 0.6) is 0 Å². The molecule has 1 nitrogen and oxygen atoms in total. The molecule has 0 radical (unpaired) electrons. The van der Waals surface area contributed by atoms with E-state index in [9.17, 15) is 0 Å². The highest BCUT2D eigenvalue weighted by molar-refractivity contribution is 5.30. The topological polar surface area (TPSA) is 26.0 Å². The molecule has 106 valence electrons. The van der Waals surface area contributed by atoms with Crippen LogP contribution in [-0.4, -0.2) is 0 Å². The van der Waals surface area contributed by atoms with Crippen LogP contribution in [0.15, 0.2) is 54.6 Å². The van der Waals surface area contributed by atoms with Crippen molar-refractivity contribution in [2.24, 2.45) is 5.73 Å². The molecule has 0 saturated carbocycles. The molecule has 0 spiro atoms. The lowest BCUT2D eigenvalue weighted by Crippen LogP contribution is -2.38. The first-order valence-corrected chi connectivity index (χ1v) is 7.60. The predicted molar refractivity (Wildman–Crippen MR) is 86.7 cm³/mol. The van der Waals surface area contributed by atoms with E-state index in [1.54, 1.807) is 0 Å². The Labute approximate surface area is 122 Å². The van der Waals surface area contributed by atoms with Crippen molar-refractivity contribution in [2.75, 3.05) is 0 Å². The maximum absolute atomic E-state index is 6.73. The highest BCUT2D eigenvalue weighted by atomic mass is 14.7. The molecule has 0 heterocycles. The average Bonchev–Trinajstić information content (AvgIpc) is 2.49. The lowest BCUT2D eigenvalue weighted by molar-refractivity contribution is 0.401. The van der Waals surface area contributed by atoms with Crippen LogP contribution in [0.4, 0.5) is 0 Å². The van der Waals surface area contributed by atoms with Crippen LogP contribution in [0.25, 0.3) is 0 Å². The van der Waals surface area contributed by atoms with Crippen LogP contribution in [0.1, 0.15) is 43.4 Å². The second-order valence-electron chi connectivity index (χ2n) is 5.62. The highest BCUT2D eigenvalue weighted by Gasteiger charge is 2.26. The third kappa shape index (κ3) is 3.49. The van der Waals surface area contributed by atoms with Crippen LogP contribution in [0, 0.1) is 0 Å². The number of rotatable bonds is 6. The van der Waals surface area contributed by atoms with E-state index < -0.39 is 0 Å². The Kier molecular flexibility index (Phi) is 4.97. The van der Waals surface area contributed by atoms with Crippen molar-refractivity contribution in [3.05, 3.63) is 71.3 Å². The zero-order valence-electron chi connectivity index (χ0n) is 12.6. The summed E-state index contributed by atoms with van der Waals surface area (Å²) in [5, 5.41) is 0. The fraction of sp³-hybridized carbons (Fsp3) is 0.368. The molecule has 2 aromatic rings. The molecule has 0 bridgehead atoms. The lowest BCUT2D eigenvalue weighted by atomic mass is 9.81. The third-order valence-corrected chi connectivity index (χ3v) is 4.00. The van der Waals surface area contributed by atoms with E-state index in [-0.39, 0.29) is 5.54 Å². The summed E-state index contributed by atoms with van der Waals surface area (Å²) in [6, 6.07) is 19.4. The van der Waals surface area contributed by atoms with E-state index >= 15 is 0 Å². The van der Waals surface area contributed by atoms with E-state index in [0.717, 1.165) is 25.7 Å². The first-order valence-electron chi connectivity index (χ1n) is 7.60. The van der Waals surface area contributed by atoms with Crippen LogP contribution in [0.3, 0.4) is 0 Å². The predicted octanol–water partition coefficient (Wildman–Crippen LogP) is 4.45. The summed E-state index contributed by atoms with van der Waals surface area (Å²) in [6.07, 6.45) is 4.08. The van der Waals surface area contributed by atoms with Gasteiger partial charge in [-0.3, -0.25) is 0 Å². The Bertz CT molecular complexity index is 515. The van der Waals surface area contributed by atoms with E-state index in [1.165, 1.54) is 16.7 Å². The number of aryl methyl sites for hydroxylation is 1. The van der Waals surface area contributed by atoms with Gasteiger partial charge in [0, 0.05) is 5.54 Å². The summed E-state index contributed by atoms with van der Waals surface area (Å²) < 4.78 is 0. The van der Waals surface area contributed by atoms with Gasteiger partial charge >= 0.3 is 0 Å². The third-order valence-electron chi connectivity index (χ3n) is 4.00. The molecule has 0 aliphatic rings. The minimum absolute atomic E-state index is 0.260. The van der Waals surface area contributed by atoms with Gasteiger partial charge in [0.25, 0.3) is 0 Å². The fourth-order valence-electron chi connectivity index (χ4n) is 2.81. The normalized spacial score (nSPS) is 13.9. The Balaban J connectivity index is 2.24. The van der Waals surface area contributed by atoms with Gasteiger partial charge in [0.1, 0.15) is 0 Å².